The molecule has 27 heavy (non-hydrogen) atoms. The van der Waals surface area contributed by atoms with E-state index in [1.54, 1.807) is 38.1 Å². The van der Waals surface area contributed by atoms with Gasteiger partial charge in [0.1, 0.15) is 5.41 Å². The molecular weight excluding hydrogens is 340 g/mol. The van der Waals surface area contributed by atoms with E-state index in [0.29, 0.717) is 11.3 Å². The number of carbonyl (C=O) groups is 3. The summed E-state index contributed by atoms with van der Waals surface area (Å²) in [5.41, 5.74) is 3.59. The molecule has 0 saturated carbocycles. The molecule has 2 aromatic rings. The van der Waals surface area contributed by atoms with Crippen LogP contribution in [0.25, 0.3) is 0 Å². The van der Waals surface area contributed by atoms with Crippen LogP contribution < -0.4 is 10.6 Å². The predicted molar refractivity (Wildman–Crippen MR) is 108 cm³/mol. The number of nitrogens with one attached hydrogen (secondary N) is 2. The molecule has 5 heteroatoms. The van der Waals surface area contributed by atoms with E-state index < -0.39 is 11.3 Å². The number of hydrogen-bond acceptors (Lipinski definition) is 3. The molecule has 0 aliphatic carbocycles. The average Bonchev–Trinajstić information content (AvgIpc) is 2.58. The first-order valence-electron chi connectivity index (χ1n) is 8.84. The van der Waals surface area contributed by atoms with E-state index in [1.807, 2.05) is 32.9 Å². The quantitative estimate of drug-likeness (QED) is 0.608. The third-order valence-corrected chi connectivity index (χ3v) is 4.60. The van der Waals surface area contributed by atoms with E-state index >= 15 is 0 Å². The lowest BCUT2D eigenvalue weighted by atomic mass is 9.90. The van der Waals surface area contributed by atoms with Gasteiger partial charge in [0.05, 0.1) is 0 Å². The molecule has 0 bridgehead atoms. The summed E-state index contributed by atoms with van der Waals surface area (Å²) in [4.78, 5) is 36.8. The Bertz CT molecular complexity index is 873. The number of hydrogen-bond donors (Lipinski definition) is 2. The molecule has 2 rings (SSSR count). The number of Topliss-reactive ketones (excluding diaryl/α,β-unsaturated/α-hetero) is 1. The Morgan fingerprint density at radius 2 is 1.30 bits per heavy atom. The summed E-state index contributed by atoms with van der Waals surface area (Å²) in [7, 11) is 0. The highest BCUT2D eigenvalue weighted by molar-refractivity contribution is 6.14. The van der Waals surface area contributed by atoms with Gasteiger partial charge in [-0.25, -0.2) is 0 Å². The molecule has 2 aromatic carbocycles. The standard InChI is InChI=1S/C22H26N2O3/c1-13-11-14(2)19(15(3)12-13)24-21(27)22(5,6)20(26)23-18-9-7-17(8-10-18)16(4)25/h7-12H,1-6H3,(H,23,26)(H,24,27). The zero-order valence-electron chi connectivity index (χ0n) is 16.7. The van der Waals surface area contributed by atoms with Gasteiger partial charge in [0.25, 0.3) is 0 Å². The summed E-state index contributed by atoms with van der Waals surface area (Å²) in [6.07, 6.45) is 0. The van der Waals surface area contributed by atoms with Crippen molar-refractivity contribution in [2.75, 3.05) is 10.6 Å². The maximum Gasteiger partial charge on any atom is 0.239 e. The smallest absolute Gasteiger partial charge is 0.239 e. The first kappa shape index (κ1) is 20.4. The Kier molecular flexibility index (Phi) is 5.84. The van der Waals surface area contributed by atoms with Crippen molar-refractivity contribution >= 4 is 29.0 Å². The van der Waals surface area contributed by atoms with Gasteiger partial charge in [0, 0.05) is 16.9 Å². The zero-order chi connectivity index (χ0) is 20.4. The van der Waals surface area contributed by atoms with Crippen LogP contribution in [0.5, 0.6) is 0 Å². The maximum atomic E-state index is 12.8. The molecule has 0 fully saturated rings. The number of amides is 2. The molecule has 142 valence electrons. The highest BCUT2D eigenvalue weighted by atomic mass is 16.2. The molecule has 0 aliphatic rings. The van der Waals surface area contributed by atoms with Crippen molar-refractivity contribution in [3.05, 3.63) is 58.7 Å². The molecule has 0 radical (unpaired) electrons. The van der Waals surface area contributed by atoms with Crippen molar-refractivity contribution < 1.29 is 14.4 Å². The van der Waals surface area contributed by atoms with Crippen molar-refractivity contribution in [2.45, 2.75) is 41.5 Å². The van der Waals surface area contributed by atoms with E-state index in [-0.39, 0.29) is 11.7 Å². The van der Waals surface area contributed by atoms with Crippen molar-refractivity contribution in [1.82, 2.24) is 0 Å². The van der Waals surface area contributed by atoms with Gasteiger partial charge < -0.3 is 10.6 Å². The van der Waals surface area contributed by atoms with Crippen LogP contribution in [0, 0.1) is 26.2 Å². The minimum atomic E-state index is -1.27. The number of rotatable bonds is 5. The van der Waals surface area contributed by atoms with Crippen LogP contribution >= 0.6 is 0 Å². The lowest BCUT2D eigenvalue weighted by molar-refractivity contribution is -0.135. The molecule has 0 unspecified atom stereocenters. The van der Waals surface area contributed by atoms with E-state index in [0.717, 1.165) is 22.4 Å². The van der Waals surface area contributed by atoms with E-state index in [4.69, 9.17) is 0 Å². The van der Waals surface area contributed by atoms with Gasteiger partial charge in [-0.05, 0) is 76.9 Å². The lowest BCUT2D eigenvalue weighted by Crippen LogP contribution is -2.41. The minimum Gasteiger partial charge on any atom is -0.325 e. The molecule has 2 N–H and O–H groups in total. The summed E-state index contributed by atoms with van der Waals surface area (Å²) in [5.74, 6) is -0.843. The third kappa shape index (κ3) is 4.61. The van der Waals surface area contributed by atoms with Crippen LogP contribution in [0.15, 0.2) is 36.4 Å². The summed E-state index contributed by atoms with van der Waals surface area (Å²) in [5, 5.41) is 5.63. The van der Waals surface area contributed by atoms with E-state index in [9.17, 15) is 14.4 Å². The van der Waals surface area contributed by atoms with Gasteiger partial charge in [-0.2, -0.15) is 0 Å². The second-order valence-corrected chi connectivity index (χ2v) is 7.44. The molecular formula is C22H26N2O3. The molecule has 0 aliphatic heterocycles. The van der Waals surface area contributed by atoms with Crippen molar-refractivity contribution in [3.63, 3.8) is 0 Å². The predicted octanol–water partition coefficient (Wildman–Crippen LogP) is 4.42. The largest absolute Gasteiger partial charge is 0.325 e. The van der Waals surface area contributed by atoms with Gasteiger partial charge in [0.15, 0.2) is 5.78 Å². The Labute approximate surface area is 160 Å². The normalized spacial score (nSPS) is 11.0. The Balaban J connectivity index is 2.15. The summed E-state index contributed by atoms with van der Waals surface area (Å²) >= 11 is 0. The fraction of sp³-hybridized carbons (Fsp3) is 0.318. The van der Waals surface area contributed by atoms with Crippen molar-refractivity contribution in [1.29, 1.82) is 0 Å². The monoisotopic (exact) mass is 366 g/mol. The van der Waals surface area contributed by atoms with Crippen LogP contribution in [0.4, 0.5) is 11.4 Å². The second kappa shape index (κ2) is 7.74. The van der Waals surface area contributed by atoms with E-state index in [2.05, 4.69) is 10.6 Å². The van der Waals surface area contributed by atoms with Crippen LogP contribution in [0.3, 0.4) is 0 Å². The summed E-state index contributed by atoms with van der Waals surface area (Å²) in [6.45, 7) is 10.5. The third-order valence-electron chi connectivity index (χ3n) is 4.60. The fourth-order valence-corrected chi connectivity index (χ4v) is 2.83. The average molecular weight is 366 g/mol. The number of benzene rings is 2. The first-order chi connectivity index (χ1) is 12.5. The Morgan fingerprint density at radius 3 is 1.78 bits per heavy atom. The molecule has 0 saturated heterocycles. The molecule has 5 nitrogen and oxygen atoms in total. The van der Waals surface area contributed by atoms with Crippen LogP contribution in [-0.4, -0.2) is 17.6 Å². The van der Waals surface area contributed by atoms with Gasteiger partial charge >= 0.3 is 0 Å². The van der Waals surface area contributed by atoms with Gasteiger partial charge in [-0.15, -0.1) is 0 Å². The van der Waals surface area contributed by atoms with Gasteiger partial charge in [0.2, 0.25) is 11.8 Å². The molecule has 0 atom stereocenters. The van der Waals surface area contributed by atoms with Crippen LogP contribution in [0.1, 0.15) is 47.8 Å². The number of carbonyl (C=O) groups excluding carboxylic acids is 3. The van der Waals surface area contributed by atoms with Crippen LogP contribution in [0.2, 0.25) is 0 Å². The Morgan fingerprint density at radius 1 is 0.815 bits per heavy atom. The van der Waals surface area contributed by atoms with Crippen molar-refractivity contribution in [2.24, 2.45) is 5.41 Å². The number of anilines is 2. The highest BCUT2D eigenvalue weighted by Gasteiger charge is 2.36. The van der Waals surface area contributed by atoms with E-state index in [1.165, 1.54) is 6.92 Å². The molecule has 0 aromatic heterocycles. The fourth-order valence-electron chi connectivity index (χ4n) is 2.83. The molecule has 0 heterocycles. The van der Waals surface area contributed by atoms with Crippen LogP contribution in [-0.2, 0) is 9.59 Å². The van der Waals surface area contributed by atoms with Gasteiger partial charge in [-0.3, -0.25) is 14.4 Å². The second-order valence-electron chi connectivity index (χ2n) is 7.44. The first-order valence-corrected chi connectivity index (χ1v) is 8.84. The number of aryl methyl sites for hydroxylation is 3. The minimum absolute atomic E-state index is 0.0450. The topological polar surface area (TPSA) is 75.3 Å². The highest BCUT2D eigenvalue weighted by Crippen LogP contribution is 2.26. The van der Waals surface area contributed by atoms with Crippen molar-refractivity contribution in [3.8, 4) is 0 Å². The molecule has 2 amide bonds. The summed E-state index contributed by atoms with van der Waals surface area (Å²) in [6, 6.07) is 10.6. The zero-order valence-corrected chi connectivity index (χ0v) is 16.7. The molecule has 0 spiro atoms. The summed E-state index contributed by atoms with van der Waals surface area (Å²) < 4.78 is 0. The Hall–Kier alpha value is -2.95. The SMILES string of the molecule is CC(=O)c1ccc(NC(=O)C(C)(C)C(=O)Nc2c(C)cc(C)cc2C)cc1. The van der Waals surface area contributed by atoms with Gasteiger partial charge in [-0.1, -0.05) is 17.7 Å². The number of ketones is 1. The maximum absolute atomic E-state index is 12.8. The lowest BCUT2D eigenvalue weighted by Gasteiger charge is -2.24.